The van der Waals surface area contributed by atoms with Crippen LogP contribution in [0.4, 0.5) is 11.4 Å². The number of methoxy groups -OCH3 is 1. The van der Waals surface area contributed by atoms with Gasteiger partial charge >= 0.3 is 5.97 Å². The lowest BCUT2D eigenvalue weighted by Crippen LogP contribution is -2.36. The first-order valence-corrected chi connectivity index (χ1v) is 13.6. The van der Waals surface area contributed by atoms with Gasteiger partial charge in [0.2, 0.25) is 0 Å². The van der Waals surface area contributed by atoms with Gasteiger partial charge in [-0.25, -0.2) is 9.79 Å². The third-order valence-corrected chi connectivity index (χ3v) is 7.59. The van der Waals surface area contributed by atoms with Crippen LogP contribution in [-0.4, -0.2) is 67.5 Å². The average Bonchev–Trinajstić information content (AvgIpc) is 3.24. The zero-order valence-corrected chi connectivity index (χ0v) is 23.0. The summed E-state index contributed by atoms with van der Waals surface area (Å²) in [6, 6.07) is 20.0. The number of aromatic carboxylic acids is 1. The number of morpholine rings is 1. The number of amidine groups is 1. The van der Waals surface area contributed by atoms with Crippen molar-refractivity contribution in [1.29, 1.82) is 0 Å². The van der Waals surface area contributed by atoms with Crippen molar-refractivity contribution in [3.05, 3.63) is 88.3 Å². The minimum absolute atomic E-state index is 0.131. The molecule has 0 unspecified atom stereocenters. The second-order valence-corrected chi connectivity index (χ2v) is 10.2. The van der Waals surface area contributed by atoms with Gasteiger partial charge in [0.05, 0.1) is 36.5 Å². The van der Waals surface area contributed by atoms with Gasteiger partial charge in [0.25, 0.3) is 5.91 Å². The Morgan fingerprint density at radius 3 is 2.58 bits per heavy atom. The highest BCUT2D eigenvalue weighted by Crippen LogP contribution is 2.38. The highest BCUT2D eigenvalue weighted by molar-refractivity contribution is 8.18. The Balaban J connectivity index is 1.36. The molecule has 0 radical (unpaired) electrons. The van der Waals surface area contributed by atoms with Crippen molar-refractivity contribution in [3.63, 3.8) is 0 Å². The molecule has 9 nitrogen and oxygen atoms in total. The molecule has 0 bridgehead atoms. The van der Waals surface area contributed by atoms with Gasteiger partial charge in [-0.3, -0.25) is 9.69 Å². The van der Waals surface area contributed by atoms with E-state index in [1.165, 1.54) is 22.7 Å². The summed E-state index contributed by atoms with van der Waals surface area (Å²) >= 11 is 1.29. The molecule has 10 heteroatoms. The van der Waals surface area contributed by atoms with E-state index in [1.54, 1.807) is 44.5 Å². The van der Waals surface area contributed by atoms with E-state index < -0.39 is 5.97 Å². The van der Waals surface area contributed by atoms with Crippen molar-refractivity contribution < 1.29 is 28.9 Å². The van der Waals surface area contributed by atoms with Gasteiger partial charge in [-0.1, -0.05) is 24.3 Å². The molecule has 0 saturated carbocycles. The number of aliphatic imine (C=N–C) groups is 1. The fourth-order valence-electron chi connectivity index (χ4n) is 4.37. The Labute approximate surface area is 236 Å². The lowest BCUT2D eigenvalue weighted by molar-refractivity contribution is -0.121. The van der Waals surface area contributed by atoms with Crippen LogP contribution in [-0.2, 0) is 16.1 Å². The van der Waals surface area contributed by atoms with E-state index in [0.29, 0.717) is 32.7 Å². The zero-order chi connectivity index (χ0) is 28.1. The molecule has 1 N–H and O–H groups in total. The van der Waals surface area contributed by atoms with Gasteiger partial charge in [-0.05, 0) is 65.9 Å². The normalized spacial score (nSPS) is 17.5. The lowest BCUT2D eigenvalue weighted by atomic mass is 10.1. The van der Waals surface area contributed by atoms with Gasteiger partial charge in [-0.2, -0.15) is 0 Å². The molecule has 2 aliphatic rings. The SMILES string of the molecule is COc1cccc(/C=C2\SC(=Nc3ccc(N4CCOCC4)cc3)N(C)C2=O)c1OCc1cccc(C(=O)O)c1. The van der Waals surface area contributed by atoms with Gasteiger partial charge in [0.15, 0.2) is 16.7 Å². The number of nitrogens with zero attached hydrogens (tertiary/aromatic N) is 3. The zero-order valence-electron chi connectivity index (χ0n) is 22.2. The number of likely N-dealkylation sites (N-methyl/N-ethyl adjacent to an activating group) is 1. The number of carbonyl (C=O) groups excluding carboxylic acids is 1. The predicted molar refractivity (Wildman–Crippen MR) is 156 cm³/mol. The molecule has 206 valence electrons. The summed E-state index contributed by atoms with van der Waals surface area (Å²) in [6.45, 7) is 3.30. The van der Waals surface area contributed by atoms with Crippen LogP contribution in [0.2, 0.25) is 0 Å². The maximum absolute atomic E-state index is 13.1. The largest absolute Gasteiger partial charge is 0.493 e. The van der Waals surface area contributed by atoms with Crippen LogP contribution >= 0.6 is 11.8 Å². The fourth-order valence-corrected chi connectivity index (χ4v) is 5.35. The molecule has 0 spiro atoms. The van der Waals surface area contributed by atoms with Crippen LogP contribution in [0.3, 0.4) is 0 Å². The van der Waals surface area contributed by atoms with Crippen LogP contribution in [0.1, 0.15) is 21.5 Å². The summed E-state index contributed by atoms with van der Waals surface area (Å²) in [7, 11) is 3.25. The van der Waals surface area contributed by atoms with E-state index in [2.05, 4.69) is 4.90 Å². The third kappa shape index (κ3) is 6.13. The number of carboxylic acids is 1. The monoisotopic (exact) mass is 559 g/mol. The Kier molecular flexibility index (Phi) is 8.37. The topological polar surface area (TPSA) is 101 Å². The van der Waals surface area contributed by atoms with E-state index in [4.69, 9.17) is 19.2 Å². The molecule has 2 heterocycles. The molecule has 0 aromatic heterocycles. The standard InChI is InChI=1S/C30H29N3O6S/c1-32-28(34)26(40-30(32)31-23-9-11-24(12-10-23)33-13-15-38-16-14-33)18-21-6-4-8-25(37-2)27(21)39-19-20-5-3-7-22(17-20)29(35)36/h3-12,17-18H,13-16,19H2,1-2H3,(H,35,36)/b26-18-,31-30?. The number of amides is 1. The molecule has 1 amide bonds. The highest BCUT2D eigenvalue weighted by atomic mass is 32.2. The first kappa shape index (κ1) is 27.3. The van der Waals surface area contributed by atoms with Crippen LogP contribution < -0.4 is 14.4 Å². The van der Waals surface area contributed by atoms with Gasteiger partial charge in [-0.15, -0.1) is 0 Å². The number of para-hydroxylation sites is 1. The van der Waals surface area contributed by atoms with Crippen molar-refractivity contribution in [2.75, 3.05) is 45.4 Å². The van der Waals surface area contributed by atoms with Gasteiger partial charge in [0, 0.05) is 31.4 Å². The average molecular weight is 560 g/mol. The first-order valence-electron chi connectivity index (χ1n) is 12.7. The summed E-state index contributed by atoms with van der Waals surface area (Å²) < 4.78 is 17.0. The van der Waals surface area contributed by atoms with E-state index >= 15 is 0 Å². The smallest absolute Gasteiger partial charge is 0.335 e. The molecule has 3 aromatic carbocycles. The number of anilines is 1. The van der Waals surface area contributed by atoms with E-state index in [1.807, 2.05) is 36.4 Å². The molecule has 0 atom stereocenters. The van der Waals surface area contributed by atoms with Crippen molar-refractivity contribution >= 4 is 46.3 Å². The van der Waals surface area contributed by atoms with Crippen molar-refractivity contribution in [2.24, 2.45) is 4.99 Å². The Bertz CT molecular complexity index is 1460. The Morgan fingerprint density at radius 1 is 1.10 bits per heavy atom. The van der Waals surface area contributed by atoms with Crippen molar-refractivity contribution in [2.45, 2.75) is 6.61 Å². The summed E-state index contributed by atoms with van der Waals surface area (Å²) in [6.07, 6.45) is 1.76. The highest BCUT2D eigenvalue weighted by Gasteiger charge is 2.31. The molecule has 2 aliphatic heterocycles. The lowest BCUT2D eigenvalue weighted by Gasteiger charge is -2.28. The van der Waals surface area contributed by atoms with Crippen molar-refractivity contribution in [1.82, 2.24) is 4.90 Å². The number of benzene rings is 3. The first-order chi connectivity index (χ1) is 19.4. The predicted octanol–water partition coefficient (Wildman–Crippen LogP) is 5.04. The number of hydrogen-bond acceptors (Lipinski definition) is 8. The number of hydrogen-bond donors (Lipinski definition) is 1. The van der Waals surface area contributed by atoms with Crippen LogP contribution in [0.15, 0.2) is 76.6 Å². The molecule has 2 saturated heterocycles. The van der Waals surface area contributed by atoms with Gasteiger partial charge < -0.3 is 24.2 Å². The Morgan fingerprint density at radius 2 is 1.85 bits per heavy atom. The number of carbonyl (C=O) groups is 2. The summed E-state index contributed by atoms with van der Waals surface area (Å²) in [5, 5.41) is 9.86. The van der Waals surface area contributed by atoms with Crippen molar-refractivity contribution in [3.8, 4) is 11.5 Å². The number of carboxylic acid groups (broad SMARTS) is 1. The van der Waals surface area contributed by atoms with Crippen LogP contribution in [0.25, 0.3) is 6.08 Å². The number of rotatable bonds is 8. The van der Waals surface area contributed by atoms with E-state index in [9.17, 15) is 14.7 Å². The van der Waals surface area contributed by atoms with Gasteiger partial charge in [0.1, 0.15) is 6.61 Å². The maximum atomic E-state index is 13.1. The minimum Gasteiger partial charge on any atom is -0.493 e. The van der Waals surface area contributed by atoms with Crippen LogP contribution in [0.5, 0.6) is 11.5 Å². The summed E-state index contributed by atoms with van der Waals surface area (Å²) in [5.74, 6) is -0.215. The summed E-state index contributed by atoms with van der Waals surface area (Å²) in [5.41, 5.74) is 3.42. The molecule has 5 rings (SSSR count). The van der Waals surface area contributed by atoms with E-state index in [0.717, 1.165) is 37.7 Å². The molecular weight excluding hydrogens is 530 g/mol. The fraction of sp³-hybridized carbons (Fsp3) is 0.233. The second kappa shape index (κ2) is 12.3. The number of thioether (sulfide) groups is 1. The maximum Gasteiger partial charge on any atom is 0.335 e. The van der Waals surface area contributed by atoms with Crippen LogP contribution in [0, 0.1) is 0 Å². The molecule has 3 aromatic rings. The number of ether oxygens (including phenoxy) is 3. The third-order valence-electron chi connectivity index (χ3n) is 6.53. The van der Waals surface area contributed by atoms with E-state index in [-0.39, 0.29) is 18.1 Å². The molecule has 0 aliphatic carbocycles. The minimum atomic E-state index is -1.00. The Hall–Kier alpha value is -4.28. The quantitative estimate of drug-likeness (QED) is 0.383. The molecule has 40 heavy (non-hydrogen) atoms. The second-order valence-electron chi connectivity index (χ2n) is 9.16. The molecular formula is C30H29N3O6S. The molecule has 2 fully saturated rings. The summed E-state index contributed by atoms with van der Waals surface area (Å²) in [4.78, 5) is 33.5.